The first-order valence-corrected chi connectivity index (χ1v) is 11.8. The minimum absolute atomic E-state index is 0.440. The van der Waals surface area contributed by atoms with Gasteiger partial charge in [0, 0.05) is 45.3 Å². The largest absolute Gasteiger partial charge is 0.439 e. The Morgan fingerprint density at radius 1 is 1.19 bits per heavy atom. The van der Waals surface area contributed by atoms with Gasteiger partial charge in [-0.15, -0.1) is 0 Å². The number of benzene rings is 1. The van der Waals surface area contributed by atoms with Crippen molar-refractivity contribution in [3.63, 3.8) is 0 Å². The molecule has 2 saturated heterocycles. The highest BCUT2D eigenvalue weighted by atomic mass is 32.1. The minimum Gasteiger partial charge on any atom is -0.439 e. The molecule has 1 atom stereocenters. The van der Waals surface area contributed by atoms with E-state index in [1.165, 1.54) is 6.42 Å². The number of para-hydroxylation sites is 1. The van der Waals surface area contributed by atoms with E-state index >= 15 is 0 Å². The Balaban J connectivity index is 1.42. The van der Waals surface area contributed by atoms with Gasteiger partial charge in [-0.2, -0.15) is 9.97 Å². The van der Waals surface area contributed by atoms with E-state index in [0.29, 0.717) is 22.9 Å². The van der Waals surface area contributed by atoms with Crippen molar-refractivity contribution in [2.45, 2.75) is 19.8 Å². The molecule has 4 rings (SSSR count). The van der Waals surface area contributed by atoms with Crippen molar-refractivity contribution >= 4 is 29.1 Å². The van der Waals surface area contributed by atoms with Gasteiger partial charge in [-0.3, -0.25) is 4.90 Å². The fraction of sp³-hybridized carbons (Fsp3) is 0.522. The highest BCUT2D eigenvalue weighted by Gasteiger charge is 2.20. The fourth-order valence-electron chi connectivity index (χ4n) is 3.99. The second-order valence-corrected chi connectivity index (χ2v) is 8.74. The summed E-state index contributed by atoms with van der Waals surface area (Å²) in [4.78, 5) is 14.0. The first kappa shape index (κ1) is 22.7. The number of hydrogen-bond donors (Lipinski definition) is 2. The molecule has 2 N–H and O–H groups in total. The van der Waals surface area contributed by atoms with Gasteiger partial charge >= 0.3 is 0 Å². The Morgan fingerprint density at radius 3 is 2.78 bits per heavy atom. The van der Waals surface area contributed by atoms with E-state index in [2.05, 4.69) is 32.3 Å². The summed E-state index contributed by atoms with van der Waals surface area (Å²) in [6.45, 7) is 9.41. The third-order valence-corrected chi connectivity index (χ3v) is 5.92. The topological polar surface area (TPSA) is 74.8 Å². The molecule has 0 saturated carbocycles. The van der Waals surface area contributed by atoms with Crippen molar-refractivity contribution in [1.82, 2.24) is 20.2 Å². The van der Waals surface area contributed by atoms with E-state index in [1.54, 1.807) is 0 Å². The molecule has 0 unspecified atom stereocenters. The molecule has 32 heavy (non-hydrogen) atoms. The quantitative estimate of drug-likeness (QED) is 0.611. The van der Waals surface area contributed by atoms with Gasteiger partial charge in [0.05, 0.1) is 13.2 Å². The van der Waals surface area contributed by atoms with Crippen molar-refractivity contribution in [1.29, 1.82) is 0 Å². The Bertz CT molecular complexity index is 878. The monoisotopic (exact) mass is 456 g/mol. The predicted octanol–water partition coefficient (Wildman–Crippen LogP) is 3.12. The Kier molecular flexibility index (Phi) is 8.08. The maximum absolute atomic E-state index is 6.02. The molecule has 2 fully saturated rings. The van der Waals surface area contributed by atoms with Gasteiger partial charge in [0.2, 0.25) is 11.8 Å². The molecular formula is C23H32N6O2S. The van der Waals surface area contributed by atoms with E-state index in [9.17, 15) is 0 Å². The number of anilines is 2. The molecule has 1 aromatic carbocycles. The van der Waals surface area contributed by atoms with Crippen LogP contribution >= 0.6 is 12.2 Å². The average Bonchev–Trinajstić information content (AvgIpc) is 2.80. The van der Waals surface area contributed by atoms with Crippen LogP contribution < -0.4 is 20.3 Å². The molecule has 0 radical (unpaired) electrons. The van der Waals surface area contributed by atoms with Crippen LogP contribution in [0.4, 0.5) is 11.8 Å². The first-order valence-electron chi connectivity index (χ1n) is 11.4. The zero-order valence-electron chi connectivity index (χ0n) is 18.6. The summed E-state index contributed by atoms with van der Waals surface area (Å²) >= 11 is 5.49. The lowest BCUT2D eigenvalue weighted by Gasteiger charge is -2.32. The van der Waals surface area contributed by atoms with E-state index in [4.69, 9.17) is 26.7 Å². The molecule has 0 amide bonds. The van der Waals surface area contributed by atoms with E-state index in [1.807, 2.05) is 36.4 Å². The number of hydrogen-bond acceptors (Lipinski definition) is 7. The lowest BCUT2D eigenvalue weighted by Crippen LogP contribution is -2.42. The predicted molar refractivity (Wildman–Crippen MR) is 131 cm³/mol. The van der Waals surface area contributed by atoms with Crippen LogP contribution in [0.1, 0.15) is 19.8 Å². The third-order valence-electron chi connectivity index (χ3n) is 5.68. The van der Waals surface area contributed by atoms with Crippen LogP contribution in [0.2, 0.25) is 0 Å². The molecule has 172 valence electrons. The molecule has 2 aromatic rings. The first-order chi connectivity index (χ1) is 15.7. The van der Waals surface area contributed by atoms with Crippen LogP contribution in [0.5, 0.6) is 11.6 Å². The summed E-state index contributed by atoms with van der Waals surface area (Å²) in [6.07, 6.45) is 2.40. The number of nitrogens with zero attached hydrogens (tertiary/aromatic N) is 4. The van der Waals surface area contributed by atoms with Crippen LogP contribution in [-0.2, 0) is 4.74 Å². The van der Waals surface area contributed by atoms with Crippen LogP contribution in [-0.4, -0.2) is 72.5 Å². The molecule has 2 aliphatic rings. The molecule has 0 spiro atoms. The zero-order chi connectivity index (χ0) is 22.2. The Labute approximate surface area is 195 Å². The van der Waals surface area contributed by atoms with Gasteiger partial charge in [-0.05, 0) is 43.1 Å². The summed E-state index contributed by atoms with van der Waals surface area (Å²) in [5.41, 5.74) is 0. The second-order valence-electron chi connectivity index (χ2n) is 8.33. The standard InChI is InChI=1S/C23H32N6O2S/c1-18-6-5-10-29(17-18)20-16-21(31-19-7-3-2-4-8-19)26-22(25-20)27-23(32)24-9-11-28-12-14-30-15-13-28/h2-4,7-8,16,18H,5-6,9-15,17H2,1H3,(H2,24,25,26,27,32)/t18-/m0/s1. The summed E-state index contributed by atoms with van der Waals surface area (Å²) < 4.78 is 11.4. The van der Waals surface area contributed by atoms with Crippen LogP contribution in [0.15, 0.2) is 36.4 Å². The minimum atomic E-state index is 0.440. The summed E-state index contributed by atoms with van der Waals surface area (Å²) in [6, 6.07) is 11.6. The van der Waals surface area contributed by atoms with Crippen LogP contribution in [0, 0.1) is 5.92 Å². The molecule has 9 heteroatoms. The summed E-state index contributed by atoms with van der Waals surface area (Å²) in [5.74, 6) is 3.17. The van der Waals surface area contributed by atoms with Crippen LogP contribution in [0.25, 0.3) is 0 Å². The average molecular weight is 457 g/mol. The maximum atomic E-state index is 6.02. The SMILES string of the molecule is C[C@H]1CCCN(c2cc(Oc3ccccc3)nc(NC(=S)NCCN3CCOCC3)n2)C1. The molecule has 0 aliphatic carbocycles. The van der Waals surface area contributed by atoms with E-state index in [0.717, 1.165) is 70.5 Å². The Hall–Kier alpha value is -2.49. The summed E-state index contributed by atoms with van der Waals surface area (Å²) in [5, 5.41) is 6.91. The van der Waals surface area contributed by atoms with E-state index in [-0.39, 0.29) is 0 Å². The molecule has 1 aromatic heterocycles. The highest BCUT2D eigenvalue weighted by molar-refractivity contribution is 7.80. The van der Waals surface area contributed by atoms with Gasteiger partial charge in [-0.1, -0.05) is 25.1 Å². The summed E-state index contributed by atoms with van der Waals surface area (Å²) in [7, 11) is 0. The number of thiocarbonyl (C=S) groups is 1. The van der Waals surface area contributed by atoms with Crippen molar-refractivity contribution in [3.8, 4) is 11.6 Å². The number of ether oxygens (including phenoxy) is 2. The van der Waals surface area contributed by atoms with Crippen molar-refractivity contribution < 1.29 is 9.47 Å². The molecule has 3 heterocycles. The van der Waals surface area contributed by atoms with Gasteiger partial charge in [0.25, 0.3) is 0 Å². The third kappa shape index (κ3) is 6.75. The highest BCUT2D eigenvalue weighted by Crippen LogP contribution is 2.27. The Morgan fingerprint density at radius 2 is 2.00 bits per heavy atom. The van der Waals surface area contributed by atoms with Gasteiger partial charge in [0.1, 0.15) is 11.6 Å². The molecule has 2 aliphatic heterocycles. The number of rotatable bonds is 7. The van der Waals surface area contributed by atoms with Crippen LogP contribution in [0.3, 0.4) is 0 Å². The zero-order valence-corrected chi connectivity index (χ0v) is 19.4. The number of piperidine rings is 1. The lowest BCUT2D eigenvalue weighted by atomic mass is 10.0. The molecule has 8 nitrogen and oxygen atoms in total. The van der Waals surface area contributed by atoms with Crippen molar-refractivity contribution in [2.24, 2.45) is 5.92 Å². The van der Waals surface area contributed by atoms with Gasteiger partial charge in [0.15, 0.2) is 5.11 Å². The molecular weight excluding hydrogens is 424 g/mol. The second kappa shape index (κ2) is 11.4. The fourth-order valence-corrected chi connectivity index (χ4v) is 4.18. The smallest absolute Gasteiger partial charge is 0.234 e. The van der Waals surface area contributed by atoms with Gasteiger partial charge in [-0.25, -0.2) is 0 Å². The number of nitrogens with one attached hydrogen (secondary N) is 2. The normalized spacial score (nSPS) is 19.4. The lowest BCUT2D eigenvalue weighted by molar-refractivity contribution is 0.0389. The van der Waals surface area contributed by atoms with Gasteiger partial charge < -0.3 is 25.0 Å². The maximum Gasteiger partial charge on any atom is 0.234 e. The number of aromatic nitrogens is 2. The van der Waals surface area contributed by atoms with Crippen molar-refractivity contribution in [2.75, 3.05) is 62.7 Å². The number of morpholine rings is 1. The molecule has 0 bridgehead atoms. The van der Waals surface area contributed by atoms with Crippen molar-refractivity contribution in [3.05, 3.63) is 36.4 Å². The van der Waals surface area contributed by atoms with E-state index < -0.39 is 0 Å².